The summed E-state index contributed by atoms with van der Waals surface area (Å²) in [5.41, 5.74) is 1.38. The number of hydrogen-bond acceptors (Lipinski definition) is 7. The number of hydrogen-bond donors (Lipinski definition) is 1. The number of likely N-dealkylation sites (N-methyl/N-ethyl adjacent to an activating group) is 1. The largest absolute Gasteiger partial charge is 0.385 e. The Morgan fingerprint density at radius 1 is 1.39 bits per heavy atom. The summed E-state index contributed by atoms with van der Waals surface area (Å²) < 4.78 is 31.9. The van der Waals surface area contributed by atoms with E-state index in [1.807, 2.05) is 18.3 Å². The van der Waals surface area contributed by atoms with Crippen molar-refractivity contribution in [1.29, 1.82) is 0 Å². The van der Waals surface area contributed by atoms with Crippen molar-refractivity contribution in [2.75, 3.05) is 45.7 Å². The summed E-state index contributed by atoms with van der Waals surface area (Å²) in [6.45, 7) is 3.11. The van der Waals surface area contributed by atoms with E-state index in [9.17, 15) is 8.78 Å². The minimum Gasteiger partial charge on any atom is -0.385 e. The highest BCUT2D eigenvalue weighted by Gasteiger charge is 2.30. The molecule has 0 radical (unpaired) electrons. The predicted octanol–water partition coefficient (Wildman–Crippen LogP) is 1.45. The molecule has 6 nitrogen and oxygen atoms in total. The summed E-state index contributed by atoms with van der Waals surface area (Å²) in [6.07, 6.45) is 1.86. The van der Waals surface area contributed by atoms with Crippen LogP contribution in [-0.4, -0.2) is 66.2 Å². The van der Waals surface area contributed by atoms with Crippen molar-refractivity contribution in [2.24, 2.45) is 0 Å². The number of nitrogens with one attached hydrogen (secondary N) is 1. The van der Waals surface area contributed by atoms with Gasteiger partial charge in [0.25, 0.3) is 6.43 Å². The number of piperazine rings is 1. The van der Waals surface area contributed by atoms with E-state index in [-0.39, 0.29) is 5.01 Å². The van der Waals surface area contributed by atoms with Crippen LogP contribution in [-0.2, 0) is 4.74 Å². The number of thiazole rings is 1. The number of nitrogens with zero attached hydrogens (tertiary/aromatic N) is 4. The van der Waals surface area contributed by atoms with Gasteiger partial charge in [0, 0.05) is 57.0 Å². The summed E-state index contributed by atoms with van der Waals surface area (Å²) >= 11 is 1.00. The molecule has 0 amide bonds. The van der Waals surface area contributed by atoms with Gasteiger partial charge in [-0.2, -0.15) is 0 Å². The van der Waals surface area contributed by atoms with Crippen molar-refractivity contribution in [3.05, 3.63) is 39.6 Å². The molecule has 2 aliphatic rings. The van der Waals surface area contributed by atoms with Gasteiger partial charge in [-0.15, -0.1) is 0 Å². The summed E-state index contributed by atoms with van der Waals surface area (Å²) in [7, 11) is 3.82. The third-order valence-corrected chi connectivity index (χ3v) is 6.22. The topological polar surface area (TPSA) is 53.5 Å². The second-order valence-electron chi connectivity index (χ2n) is 6.97. The van der Waals surface area contributed by atoms with Gasteiger partial charge >= 0.3 is 0 Å². The van der Waals surface area contributed by atoms with Crippen LogP contribution < -0.4 is 15.9 Å². The summed E-state index contributed by atoms with van der Waals surface area (Å²) in [6, 6.07) is 4.15. The highest BCUT2D eigenvalue weighted by atomic mass is 32.1. The number of anilines is 1. The molecule has 0 bridgehead atoms. The quantitative estimate of drug-likeness (QED) is 0.810. The standard InChI is InChI=1S/C19H23F2N5OS/c1-25-7-8-26(11-13(25)5-9-27-2)16-14-12(4-3-6-22-14)10-23-18-15(16)24-19(28-18)17(20)21/h3-4,6,10,13,17,23H,5,7-9,11H2,1-2H3. The number of fused-ring (bicyclic) bond motifs is 2. The van der Waals surface area contributed by atoms with Crippen molar-refractivity contribution in [1.82, 2.24) is 19.8 Å². The SMILES string of the molecule is COCCC1CN(C2=c3ncccc3=CNc3sc(C(F)F)nc32)CCN1C. The van der Waals surface area contributed by atoms with E-state index in [4.69, 9.17) is 4.74 Å². The van der Waals surface area contributed by atoms with E-state index in [1.54, 1.807) is 13.3 Å². The first-order chi connectivity index (χ1) is 13.6. The van der Waals surface area contributed by atoms with Crippen molar-refractivity contribution in [3.63, 3.8) is 0 Å². The molecule has 9 heteroatoms. The number of alkyl halides is 2. The highest BCUT2D eigenvalue weighted by Crippen LogP contribution is 2.36. The first-order valence-electron chi connectivity index (χ1n) is 9.24. The van der Waals surface area contributed by atoms with Gasteiger partial charge in [-0.1, -0.05) is 11.3 Å². The zero-order chi connectivity index (χ0) is 19.7. The van der Waals surface area contributed by atoms with Gasteiger partial charge in [0.1, 0.15) is 10.7 Å². The van der Waals surface area contributed by atoms with Gasteiger partial charge in [0.2, 0.25) is 0 Å². The van der Waals surface area contributed by atoms with Crippen molar-refractivity contribution < 1.29 is 13.5 Å². The van der Waals surface area contributed by atoms with Crippen LogP contribution in [0.4, 0.5) is 13.8 Å². The molecule has 1 N–H and O–H groups in total. The Labute approximate surface area is 166 Å². The lowest BCUT2D eigenvalue weighted by Crippen LogP contribution is -2.52. The fraction of sp³-hybridized carbons (Fsp3) is 0.474. The minimum atomic E-state index is -2.59. The zero-order valence-electron chi connectivity index (χ0n) is 15.9. The molecule has 0 saturated carbocycles. The number of rotatable bonds is 5. The van der Waals surface area contributed by atoms with Gasteiger partial charge in [-0.25, -0.2) is 13.8 Å². The number of ether oxygens (including phenoxy) is 1. The summed E-state index contributed by atoms with van der Waals surface area (Å²) in [4.78, 5) is 13.4. The first-order valence-corrected chi connectivity index (χ1v) is 10.1. The number of methoxy groups -OCH3 is 1. The first kappa shape index (κ1) is 19.2. The van der Waals surface area contributed by atoms with E-state index in [0.717, 1.165) is 53.7 Å². The molecule has 28 heavy (non-hydrogen) atoms. The molecule has 0 aliphatic carbocycles. The van der Waals surface area contributed by atoms with Gasteiger partial charge in [-0.3, -0.25) is 9.88 Å². The predicted molar refractivity (Wildman–Crippen MR) is 106 cm³/mol. The van der Waals surface area contributed by atoms with E-state index in [1.165, 1.54) is 0 Å². The number of aromatic nitrogens is 2. The Bertz CT molecular complexity index is 963. The third kappa shape index (κ3) is 3.61. The molecule has 1 fully saturated rings. The fourth-order valence-corrected chi connectivity index (χ4v) is 4.48. The lowest BCUT2D eigenvalue weighted by molar-refractivity contribution is 0.0959. The van der Waals surface area contributed by atoms with Gasteiger partial charge in [-0.05, 0) is 25.6 Å². The Balaban J connectivity index is 1.82. The molecule has 2 aromatic heterocycles. The van der Waals surface area contributed by atoms with E-state index >= 15 is 0 Å². The fourth-order valence-electron chi connectivity index (χ4n) is 3.69. The molecule has 2 aromatic rings. The zero-order valence-corrected chi connectivity index (χ0v) is 16.7. The van der Waals surface area contributed by atoms with Gasteiger partial charge in [0.15, 0.2) is 5.01 Å². The lowest BCUT2D eigenvalue weighted by atomic mass is 10.1. The molecule has 150 valence electrons. The van der Waals surface area contributed by atoms with Crippen molar-refractivity contribution >= 4 is 28.2 Å². The smallest absolute Gasteiger partial charge is 0.289 e. The van der Waals surface area contributed by atoms with Crippen LogP contribution in [0.3, 0.4) is 0 Å². The third-order valence-electron chi connectivity index (χ3n) is 5.23. The lowest BCUT2D eigenvalue weighted by Gasteiger charge is -2.41. The van der Waals surface area contributed by atoms with E-state index < -0.39 is 6.43 Å². The molecule has 1 unspecified atom stereocenters. The molecular weight excluding hydrogens is 384 g/mol. The van der Waals surface area contributed by atoms with Crippen LogP contribution in [0.2, 0.25) is 0 Å². The van der Waals surface area contributed by atoms with Crippen LogP contribution in [0.25, 0.3) is 11.9 Å². The molecule has 4 heterocycles. The van der Waals surface area contributed by atoms with Crippen LogP contribution in [0.1, 0.15) is 23.5 Å². The highest BCUT2D eigenvalue weighted by molar-refractivity contribution is 7.16. The molecular formula is C19H23F2N5OS. The van der Waals surface area contributed by atoms with Crippen LogP contribution >= 0.6 is 11.3 Å². The Hall–Kier alpha value is -2.10. The van der Waals surface area contributed by atoms with Gasteiger partial charge in [0.05, 0.1) is 11.0 Å². The second kappa shape index (κ2) is 8.10. The monoisotopic (exact) mass is 407 g/mol. The number of pyridine rings is 1. The summed E-state index contributed by atoms with van der Waals surface area (Å²) in [5, 5.41) is 5.32. The van der Waals surface area contributed by atoms with Crippen LogP contribution in [0, 0.1) is 0 Å². The second-order valence-corrected chi connectivity index (χ2v) is 8.00. The molecule has 0 aromatic carbocycles. The maximum absolute atomic E-state index is 13.3. The molecule has 1 saturated heterocycles. The van der Waals surface area contributed by atoms with Crippen molar-refractivity contribution in [3.8, 4) is 0 Å². The number of halogens is 2. The molecule has 4 rings (SSSR count). The molecule has 1 atom stereocenters. The summed E-state index contributed by atoms with van der Waals surface area (Å²) in [5.74, 6) is 0. The average molecular weight is 407 g/mol. The Morgan fingerprint density at radius 2 is 2.25 bits per heavy atom. The molecule has 0 spiro atoms. The van der Waals surface area contributed by atoms with Crippen LogP contribution in [0.15, 0.2) is 18.3 Å². The van der Waals surface area contributed by atoms with E-state index in [2.05, 4.69) is 32.1 Å². The Morgan fingerprint density at radius 3 is 3.04 bits per heavy atom. The maximum atomic E-state index is 13.3. The Kier molecular flexibility index (Phi) is 5.56. The molecule has 2 aliphatic heterocycles. The van der Waals surface area contributed by atoms with E-state index in [0.29, 0.717) is 23.3 Å². The minimum absolute atomic E-state index is 0.173. The van der Waals surface area contributed by atoms with Gasteiger partial charge < -0.3 is 15.0 Å². The normalized spacial score (nSPS) is 19.7. The van der Waals surface area contributed by atoms with Crippen LogP contribution in [0.5, 0.6) is 0 Å². The maximum Gasteiger partial charge on any atom is 0.289 e. The average Bonchev–Trinajstić information content (AvgIpc) is 3.05. The van der Waals surface area contributed by atoms with Crippen molar-refractivity contribution in [2.45, 2.75) is 18.9 Å².